The van der Waals surface area contributed by atoms with Gasteiger partial charge in [-0.3, -0.25) is 9.48 Å². The van der Waals surface area contributed by atoms with Crippen molar-refractivity contribution >= 4 is 39.3 Å². The molecule has 4 nitrogen and oxygen atoms in total. The summed E-state index contributed by atoms with van der Waals surface area (Å²) in [6.45, 7) is 1.68. The molecule has 0 saturated heterocycles. The van der Waals surface area contributed by atoms with Gasteiger partial charge in [0.25, 0.3) is 0 Å². The lowest BCUT2D eigenvalue weighted by Crippen LogP contribution is -2.12. The molecule has 0 fully saturated rings. The quantitative estimate of drug-likeness (QED) is 0.321. The monoisotopic (exact) mass is 495 g/mol. The second-order valence-electron chi connectivity index (χ2n) is 6.41. The van der Waals surface area contributed by atoms with E-state index in [0.29, 0.717) is 14.9 Å². The Morgan fingerprint density at radius 1 is 1.17 bits per heavy atom. The maximum absolute atomic E-state index is 15.1. The van der Waals surface area contributed by atoms with E-state index < -0.39 is 28.8 Å². The summed E-state index contributed by atoms with van der Waals surface area (Å²) in [6, 6.07) is 9.59. The van der Waals surface area contributed by atoms with Crippen molar-refractivity contribution in [1.29, 1.82) is 0 Å². The molecule has 0 aliphatic heterocycles. The summed E-state index contributed by atoms with van der Waals surface area (Å²) >= 11 is 4.28. The molecule has 0 spiro atoms. The van der Waals surface area contributed by atoms with Crippen molar-refractivity contribution < 1.29 is 18.0 Å². The van der Waals surface area contributed by atoms with Gasteiger partial charge in [0, 0.05) is 34.4 Å². The first-order valence-electron chi connectivity index (χ1n) is 8.72. The fourth-order valence-electron chi connectivity index (χ4n) is 2.68. The molecule has 3 aromatic rings. The van der Waals surface area contributed by atoms with Gasteiger partial charge in [0.2, 0.25) is 5.78 Å². The highest BCUT2D eigenvalue weighted by molar-refractivity contribution is 9.10. The predicted molar refractivity (Wildman–Crippen MR) is 115 cm³/mol. The van der Waals surface area contributed by atoms with E-state index in [0.717, 1.165) is 18.0 Å². The molecule has 0 bridgehead atoms. The lowest BCUT2D eigenvalue weighted by molar-refractivity contribution is 0.103. The van der Waals surface area contributed by atoms with Crippen molar-refractivity contribution in [2.45, 2.75) is 11.8 Å². The molecule has 0 aliphatic rings. The van der Waals surface area contributed by atoms with E-state index in [-0.39, 0.29) is 11.3 Å². The number of nitrogens with zero attached hydrogens (tertiary/aromatic N) is 1. The molecule has 0 atom stereocenters. The molecule has 1 heterocycles. The van der Waals surface area contributed by atoms with Crippen LogP contribution in [0.4, 0.5) is 18.9 Å². The first-order chi connectivity index (χ1) is 14.3. The molecule has 0 saturated carbocycles. The number of ketones is 1. The fraction of sp³-hybridized carbons (Fsp3) is 0.0952. The highest BCUT2D eigenvalue weighted by Crippen LogP contribution is 2.29. The van der Waals surface area contributed by atoms with Crippen molar-refractivity contribution in [1.82, 2.24) is 9.78 Å². The number of rotatable bonds is 5. The summed E-state index contributed by atoms with van der Waals surface area (Å²) in [6.07, 6.45) is 3.13. The smallest absolute Gasteiger partial charge is 0.200 e. The SMILES string of the molecule is Cc1cc(Br)c[nH]n(C)cc1C(=O)c1c(F)ccc(NSc2cccc(F)c2)c1F. The molecule has 0 aliphatic carbocycles. The van der Waals surface area contributed by atoms with E-state index in [1.165, 1.54) is 35.1 Å². The fourth-order valence-corrected chi connectivity index (χ4v) is 3.83. The van der Waals surface area contributed by atoms with Gasteiger partial charge in [-0.2, -0.15) is 0 Å². The second kappa shape index (κ2) is 9.44. The molecule has 0 amide bonds. The van der Waals surface area contributed by atoms with Gasteiger partial charge in [-0.25, -0.2) is 13.2 Å². The van der Waals surface area contributed by atoms with E-state index in [1.54, 1.807) is 32.3 Å². The minimum Gasteiger partial charge on any atom is -0.323 e. The Kier molecular flexibility index (Phi) is 6.94. The van der Waals surface area contributed by atoms with E-state index in [2.05, 4.69) is 25.8 Å². The van der Waals surface area contributed by atoms with Crippen LogP contribution in [0.3, 0.4) is 0 Å². The zero-order valence-electron chi connectivity index (χ0n) is 16.0. The van der Waals surface area contributed by atoms with E-state index >= 15 is 4.39 Å². The molecule has 0 unspecified atom stereocenters. The van der Waals surface area contributed by atoms with Crippen LogP contribution in [0, 0.1) is 24.4 Å². The molecule has 2 N–H and O–H groups in total. The molecule has 9 heteroatoms. The topological polar surface area (TPSA) is 49.8 Å². The second-order valence-corrected chi connectivity index (χ2v) is 8.21. The molecule has 30 heavy (non-hydrogen) atoms. The Hall–Kier alpha value is -2.65. The molecule has 1 aromatic heterocycles. The van der Waals surface area contributed by atoms with Crippen LogP contribution in [-0.2, 0) is 7.05 Å². The van der Waals surface area contributed by atoms with Crippen LogP contribution in [0.15, 0.2) is 64.2 Å². The lowest BCUT2D eigenvalue weighted by Gasteiger charge is -2.12. The molecule has 0 radical (unpaired) electrons. The molecule has 3 rings (SSSR count). The first-order valence-corrected chi connectivity index (χ1v) is 10.3. The van der Waals surface area contributed by atoms with Gasteiger partial charge >= 0.3 is 0 Å². The molecule has 156 valence electrons. The number of carbonyl (C=O) groups excluding carboxylic acids is 1. The van der Waals surface area contributed by atoms with Crippen molar-refractivity contribution in [3.8, 4) is 0 Å². The maximum Gasteiger partial charge on any atom is 0.200 e. The van der Waals surface area contributed by atoms with Gasteiger partial charge in [-0.1, -0.05) is 6.07 Å². The van der Waals surface area contributed by atoms with Crippen LogP contribution in [0.25, 0.3) is 0 Å². The van der Waals surface area contributed by atoms with Crippen molar-refractivity contribution in [2.75, 3.05) is 4.72 Å². The number of hydrogen-bond acceptors (Lipinski definition) is 3. The normalized spacial score (nSPS) is 10.6. The summed E-state index contributed by atoms with van der Waals surface area (Å²) in [4.78, 5) is 13.6. The Labute approximate surface area is 184 Å². The first kappa shape index (κ1) is 22.0. The van der Waals surface area contributed by atoms with Gasteiger partial charge in [-0.15, -0.1) is 0 Å². The Morgan fingerprint density at radius 2 is 1.93 bits per heavy atom. The third kappa shape index (κ3) is 5.09. The molecule has 2 aromatic carbocycles. The van der Waals surface area contributed by atoms with Gasteiger partial charge in [0.05, 0.1) is 11.3 Å². The largest absolute Gasteiger partial charge is 0.323 e. The van der Waals surface area contributed by atoms with E-state index in [9.17, 15) is 13.6 Å². The van der Waals surface area contributed by atoms with Crippen LogP contribution >= 0.6 is 27.9 Å². The number of H-pyrrole nitrogens is 1. The Bertz CT molecular complexity index is 1160. The number of halogens is 4. The Morgan fingerprint density at radius 3 is 2.67 bits per heavy atom. The number of aromatic nitrogens is 2. The highest BCUT2D eigenvalue weighted by Gasteiger charge is 2.23. The Balaban J connectivity index is 2.01. The minimum atomic E-state index is -1.02. The van der Waals surface area contributed by atoms with Crippen molar-refractivity contribution in [2.24, 2.45) is 7.05 Å². The summed E-state index contributed by atoms with van der Waals surface area (Å²) in [5.41, 5.74) is -0.104. The van der Waals surface area contributed by atoms with Crippen LogP contribution in [0.5, 0.6) is 0 Å². The lowest BCUT2D eigenvalue weighted by atomic mass is 10.00. The van der Waals surface area contributed by atoms with Crippen LogP contribution < -0.4 is 4.72 Å². The summed E-state index contributed by atoms with van der Waals surface area (Å²) in [7, 11) is 1.66. The van der Waals surface area contributed by atoms with Crippen molar-refractivity contribution in [3.63, 3.8) is 0 Å². The van der Waals surface area contributed by atoms with Crippen LogP contribution in [-0.4, -0.2) is 15.6 Å². The molecular weight excluding hydrogens is 479 g/mol. The summed E-state index contributed by atoms with van der Waals surface area (Å²) in [5.74, 6) is -3.23. The average Bonchev–Trinajstić information content (AvgIpc) is 2.69. The van der Waals surface area contributed by atoms with E-state index in [4.69, 9.17) is 0 Å². The van der Waals surface area contributed by atoms with Gasteiger partial charge in [0.15, 0.2) is 5.82 Å². The number of nitrogens with one attached hydrogen (secondary N) is 2. The van der Waals surface area contributed by atoms with Gasteiger partial charge in [-0.05, 0) is 76.8 Å². The number of anilines is 1. The number of hydrogen-bond donors (Lipinski definition) is 2. The van der Waals surface area contributed by atoms with E-state index in [1.807, 2.05) is 0 Å². The maximum atomic E-state index is 15.1. The summed E-state index contributed by atoms with van der Waals surface area (Å²) < 4.78 is 47.8. The van der Waals surface area contributed by atoms with Gasteiger partial charge in [0.1, 0.15) is 11.6 Å². The molecular formula is C21H17BrF3N3OS. The number of aryl methyl sites for hydroxylation is 2. The minimum absolute atomic E-state index is 0.0883. The number of aromatic amines is 1. The van der Waals surface area contributed by atoms with Crippen LogP contribution in [0.1, 0.15) is 21.5 Å². The summed E-state index contributed by atoms with van der Waals surface area (Å²) in [5, 5.41) is 2.89. The number of benzene rings is 2. The zero-order chi connectivity index (χ0) is 21.8. The highest BCUT2D eigenvalue weighted by atomic mass is 79.9. The van der Waals surface area contributed by atoms with Crippen molar-refractivity contribution in [3.05, 3.63) is 93.5 Å². The van der Waals surface area contributed by atoms with Gasteiger partial charge < -0.3 is 9.82 Å². The van der Waals surface area contributed by atoms with Crippen LogP contribution in [0.2, 0.25) is 0 Å². The predicted octanol–water partition coefficient (Wildman–Crippen LogP) is 6.32. The average molecular weight is 496 g/mol. The number of carbonyl (C=O) groups is 1. The third-order valence-electron chi connectivity index (χ3n) is 4.15. The standard InChI is InChI=1S/C21H17BrF3N3OS/c1-12-8-13(22)10-26-28(2)11-16(12)21(29)19-17(24)6-7-18(20(19)25)27-30-15-5-3-4-14(23)9-15/h3-11,26-27H,1-2H3. The zero-order valence-corrected chi connectivity index (χ0v) is 18.4. The third-order valence-corrected chi connectivity index (χ3v) is 5.42.